The van der Waals surface area contributed by atoms with Crippen LogP contribution in [-0.4, -0.2) is 37.6 Å². The highest BCUT2D eigenvalue weighted by Crippen LogP contribution is 2.17. The molecule has 2 aromatic carbocycles. The Balaban J connectivity index is 1.66. The van der Waals surface area contributed by atoms with Gasteiger partial charge in [0.05, 0.1) is 26.7 Å². The van der Waals surface area contributed by atoms with Crippen molar-refractivity contribution in [3.63, 3.8) is 0 Å². The number of methoxy groups -OCH3 is 1. The van der Waals surface area contributed by atoms with Crippen LogP contribution in [0.2, 0.25) is 0 Å². The van der Waals surface area contributed by atoms with Crippen molar-refractivity contribution in [2.24, 2.45) is 0 Å². The maximum Gasteiger partial charge on any atom is 0.221 e. The molecule has 0 unspecified atom stereocenters. The molecule has 1 aliphatic heterocycles. The average molecular weight is 399 g/mol. The van der Waals surface area contributed by atoms with Gasteiger partial charge >= 0.3 is 0 Å². The zero-order valence-electron chi connectivity index (χ0n) is 16.5. The van der Waals surface area contributed by atoms with Gasteiger partial charge in [0.15, 0.2) is 0 Å². The zero-order chi connectivity index (χ0) is 19.9. The van der Waals surface area contributed by atoms with Crippen molar-refractivity contribution >= 4 is 28.8 Å². The lowest BCUT2D eigenvalue weighted by Gasteiger charge is -2.26. The molecule has 6 heteroatoms. The summed E-state index contributed by atoms with van der Waals surface area (Å²) in [5.41, 5.74) is 3.03. The second-order valence-corrected chi connectivity index (χ2v) is 7.57. The standard InChI is InChI=1S/C22H27N3O2S/c1-16(26)24-19-9-5-18(6-10-19)22(28)23-15-21(25-13-3-4-14-25)17-7-11-20(27-2)12-8-17/h5-12,21H,3-4,13-15H2,1-2H3,(H,23,28)(H,24,26)/p+1/t21-/m1/s1. The minimum atomic E-state index is -0.0793. The lowest BCUT2D eigenvalue weighted by atomic mass is 10.0. The quantitative estimate of drug-likeness (QED) is 0.627. The third kappa shape index (κ3) is 5.30. The number of quaternary nitrogens is 1. The van der Waals surface area contributed by atoms with Gasteiger partial charge in [-0.3, -0.25) is 4.79 Å². The van der Waals surface area contributed by atoms with E-state index in [4.69, 9.17) is 17.0 Å². The molecule has 1 atom stereocenters. The molecule has 0 bridgehead atoms. The largest absolute Gasteiger partial charge is 0.497 e. The molecular weight excluding hydrogens is 370 g/mol. The molecule has 148 valence electrons. The molecular formula is C22H28N3O2S+. The molecule has 0 saturated carbocycles. The van der Waals surface area contributed by atoms with Crippen molar-refractivity contribution in [1.29, 1.82) is 0 Å². The number of carbonyl (C=O) groups is 1. The normalized spacial score (nSPS) is 15.1. The number of anilines is 1. The molecule has 1 aliphatic rings. The van der Waals surface area contributed by atoms with E-state index < -0.39 is 0 Å². The number of rotatable bonds is 7. The summed E-state index contributed by atoms with van der Waals surface area (Å²) in [6.45, 7) is 4.67. The number of hydrogen-bond donors (Lipinski definition) is 3. The van der Waals surface area contributed by atoms with E-state index in [1.807, 2.05) is 36.4 Å². The van der Waals surface area contributed by atoms with Gasteiger partial charge in [0.25, 0.3) is 0 Å². The number of thiocarbonyl (C=S) groups is 1. The fraction of sp³-hybridized carbons (Fsp3) is 0.364. The first-order valence-electron chi connectivity index (χ1n) is 9.71. The predicted molar refractivity (Wildman–Crippen MR) is 116 cm³/mol. The maximum absolute atomic E-state index is 11.2. The van der Waals surface area contributed by atoms with Gasteiger partial charge in [-0.1, -0.05) is 12.2 Å². The van der Waals surface area contributed by atoms with Gasteiger partial charge in [0.2, 0.25) is 5.91 Å². The summed E-state index contributed by atoms with van der Waals surface area (Å²) in [4.78, 5) is 13.5. The third-order valence-electron chi connectivity index (χ3n) is 5.19. The molecule has 0 aliphatic carbocycles. The molecule has 1 saturated heterocycles. The molecule has 3 rings (SSSR count). The molecule has 1 amide bonds. The van der Waals surface area contributed by atoms with Crippen molar-refractivity contribution in [3.8, 4) is 5.75 Å². The van der Waals surface area contributed by atoms with Gasteiger partial charge in [-0.05, 0) is 48.5 Å². The summed E-state index contributed by atoms with van der Waals surface area (Å²) in [6.07, 6.45) is 2.55. The summed E-state index contributed by atoms with van der Waals surface area (Å²) in [5, 5.41) is 6.23. The number of amides is 1. The Hall–Kier alpha value is -2.44. The number of likely N-dealkylation sites (tertiary alicyclic amines) is 1. The van der Waals surface area contributed by atoms with Gasteiger partial charge < -0.3 is 20.3 Å². The first-order valence-corrected chi connectivity index (χ1v) is 10.1. The molecule has 28 heavy (non-hydrogen) atoms. The highest BCUT2D eigenvalue weighted by atomic mass is 32.1. The number of carbonyl (C=O) groups excluding carboxylic acids is 1. The topological polar surface area (TPSA) is 54.8 Å². The molecule has 2 aromatic rings. The van der Waals surface area contributed by atoms with Crippen molar-refractivity contribution in [3.05, 3.63) is 59.7 Å². The number of benzene rings is 2. The Morgan fingerprint density at radius 2 is 1.75 bits per heavy atom. The molecule has 0 aromatic heterocycles. The smallest absolute Gasteiger partial charge is 0.221 e. The Bertz CT molecular complexity index is 800. The Labute approximate surface area is 172 Å². The molecule has 0 radical (unpaired) electrons. The second kappa shape index (κ2) is 9.66. The van der Waals surface area contributed by atoms with E-state index in [-0.39, 0.29) is 5.91 Å². The first-order chi connectivity index (χ1) is 13.6. The lowest BCUT2D eigenvalue weighted by molar-refractivity contribution is -0.918. The molecule has 1 heterocycles. The fourth-order valence-corrected chi connectivity index (χ4v) is 3.94. The average Bonchev–Trinajstić information content (AvgIpc) is 3.23. The van der Waals surface area contributed by atoms with Gasteiger partial charge in [-0.15, -0.1) is 0 Å². The monoisotopic (exact) mass is 398 g/mol. The summed E-state index contributed by atoms with van der Waals surface area (Å²) in [6, 6.07) is 16.3. The van der Waals surface area contributed by atoms with E-state index in [2.05, 4.69) is 22.8 Å². The minimum Gasteiger partial charge on any atom is -0.497 e. The molecule has 1 fully saturated rings. The van der Waals surface area contributed by atoms with Crippen LogP contribution >= 0.6 is 12.2 Å². The highest BCUT2D eigenvalue weighted by Gasteiger charge is 2.27. The van der Waals surface area contributed by atoms with Gasteiger partial charge in [0.1, 0.15) is 16.8 Å². The molecule has 3 N–H and O–H groups in total. The second-order valence-electron chi connectivity index (χ2n) is 7.16. The third-order valence-corrected chi connectivity index (χ3v) is 5.57. The number of hydrogen-bond acceptors (Lipinski definition) is 3. The van der Waals surface area contributed by atoms with E-state index >= 15 is 0 Å². The van der Waals surface area contributed by atoms with Crippen LogP contribution in [0.3, 0.4) is 0 Å². The summed E-state index contributed by atoms with van der Waals surface area (Å²) in [5.74, 6) is 0.797. The van der Waals surface area contributed by atoms with Gasteiger partial charge in [-0.2, -0.15) is 0 Å². The molecule has 5 nitrogen and oxygen atoms in total. The first kappa shape index (κ1) is 20.3. The van der Waals surface area contributed by atoms with Crippen LogP contribution < -0.4 is 20.3 Å². The van der Waals surface area contributed by atoms with Crippen LogP contribution in [-0.2, 0) is 4.79 Å². The SMILES string of the molecule is COc1ccc([C@@H](CNC(=S)c2ccc(NC(C)=O)cc2)[NH+]2CCCC2)cc1. The Morgan fingerprint density at radius 1 is 1.11 bits per heavy atom. The van der Waals surface area contributed by atoms with Crippen molar-refractivity contribution in [1.82, 2.24) is 5.32 Å². The maximum atomic E-state index is 11.2. The highest BCUT2D eigenvalue weighted by molar-refractivity contribution is 7.80. The summed E-state index contributed by atoms with van der Waals surface area (Å²) < 4.78 is 5.29. The van der Waals surface area contributed by atoms with E-state index in [9.17, 15) is 4.79 Å². The molecule has 0 spiro atoms. The van der Waals surface area contributed by atoms with Crippen LogP contribution in [0.4, 0.5) is 5.69 Å². The van der Waals surface area contributed by atoms with Crippen LogP contribution in [0.25, 0.3) is 0 Å². The summed E-state index contributed by atoms with van der Waals surface area (Å²) in [7, 11) is 1.69. The van der Waals surface area contributed by atoms with E-state index in [1.54, 1.807) is 12.0 Å². The van der Waals surface area contributed by atoms with Crippen LogP contribution in [0.1, 0.15) is 36.9 Å². The van der Waals surface area contributed by atoms with E-state index in [0.29, 0.717) is 6.04 Å². The van der Waals surface area contributed by atoms with E-state index in [1.165, 1.54) is 38.4 Å². The fourth-order valence-electron chi connectivity index (χ4n) is 3.72. The Kier molecular flexibility index (Phi) is 7.01. The zero-order valence-corrected chi connectivity index (χ0v) is 17.3. The van der Waals surface area contributed by atoms with E-state index in [0.717, 1.165) is 28.5 Å². The van der Waals surface area contributed by atoms with Gasteiger partial charge in [-0.25, -0.2) is 0 Å². The van der Waals surface area contributed by atoms with Crippen LogP contribution in [0.5, 0.6) is 5.75 Å². The van der Waals surface area contributed by atoms with Crippen molar-refractivity contribution in [2.75, 3.05) is 32.1 Å². The van der Waals surface area contributed by atoms with Crippen LogP contribution in [0.15, 0.2) is 48.5 Å². The summed E-state index contributed by atoms with van der Waals surface area (Å²) >= 11 is 5.61. The predicted octanol–water partition coefficient (Wildman–Crippen LogP) is 2.34. The number of nitrogens with one attached hydrogen (secondary N) is 3. The Morgan fingerprint density at radius 3 is 2.32 bits per heavy atom. The van der Waals surface area contributed by atoms with Crippen molar-refractivity contribution < 1.29 is 14.4 Å². The lowest BCUT2D eigenvalue weighted by Crippen LogP contribution is -3.11. The van der Waals surface area contributed by atoms with Crippen molar-refractivity contribution in [2.45, 2.75) is 25.8 Å². The van der Waals surface area contributed by atoms with Gasteiger partial charge in [0, 0.05) is 36.6 Å². The van der Waals surface area contributed by atoms with Crippen LogP contribution in [0, 0.1) is 0 Å². The minimum absolute atomic E-state index is 0.0793. The number of ether oxygens (including phenoxy) is 1.